The molecule has 20 heavy (non-hydrogen) atoms. The molecular weight excluding hydrogens is 272 g/mol. The Labute approximate surface area is 119 Å². The van der Waals surface area contributed by atoms with Gasteiger partial charge in [0.1, 0.15) is 6.07 Å². The summed E-state index contributed by atoms with van der Waals surface area (Å²) in [5, 5.41) is 9.75. The molecule has 2 aromatic rings. The van der Waals surface area contributed by atoms with Crippen molar-refractivity contribution >= 4 is 23.9 Å². The summed E-state index contributed by atoms with van der Waals surface area (Å²) in [5.74, 6) is -0.264. The first-order chi connectivity index (χ1) is 9.72. The number of benzene rings is 1. The van der Waals surface area contributed by atoms with Gasteiger partial charge in [0.05, 0.1) is 16.8 Å². The number of fused-ring (bicyclic) bond motifs is 1. The molecule has 1 aromatic heterocycles. The topological polar surface area (TPSA) is 79.0 Å². The second-order valence-corrected chi connectivity index (χ2v) is 4.87. The number of thioether (sulfide) groups is 1. The van der Waals surface area contributed by atoms with Gasteiger partial charge in [-0.25, -0.2) is 15.0 Å². The standard InChI is InChI=1S/C14H8N4OS/c1-20-14-17-7-10(5-15)12(18-14)8-2-3-9-6-16-13(19)11(9)4-8/h2-4,6-7H,1H3. The fourth-order valence-electron chi connectivity index (χ4n) is 1.96. The van der Waals surface area contributed by atoms with Crippen molar-refractivity contribution in [1.29, 1.82) is 5.26 Å². The highest BCUT2D eigenvalue weighted by Gasteiger charge is 2.18. The van der Waals surface area contributed by atoms with Gasteiger partial charge in [0.15, 0.2) is 5.16 Å². The second kappa shape index (κ2) is 4.87. The van der Waals surface area contributed by atoms with Gasteiger partial charge in [-0.05, 0) is 12.3 Å². The molecule has 0 bridgehead atoms. The van der Waals surface area contributed by atoms with E-state index in [-0.39, 0.29) is 5.91 Å². The van der Waals surface area contributed by atoms with E-state index in [4.69, 9.17) is 5.26 Å². The van der Waals surface area contributed by atoms with Gasteiger partial charge in [-0.2, -0.15) is 5.26 Å². The first kappa shape index (κ1) is 12.5. The van der Waals surface area contributed by atoms with Crippen LogP contribution in [0.25, 0.3) is 11.3 Å². The molecular formula is C14H8N4OS. The Bertz CT molecular complexity index is 792. The molecule has 96 valence electrons. The van der Waals surface area contributed by atoms with E-state index in [2.05, 4.69) is 21.0 Å². The number of aliphatic imine (C=N–C) groups is 1. The van der Waals surface area contributed by atoms with Crippen LogP contribution in [0.1, 0.15) is 21.5 Å². The summed E-state index contributed by atoms with van der Waals surface area (Å²) in [6, 6.07) is 7.43. The summed E-state index contributed by atoms with van der Waals surface area (Å²) < 4.78 is 0. The van der Waals surface area contributed by atoms with Crippen molar-refractivity contribution in [3.63, 3.8) is 0 Å². The van der Waals surface area contributed by atoms with Crippen LogP contribution in [0.15, 0.2) is 34.5 Å². The lowest BCUT2D eigenvalue weighted by molar-refractivity contribution is 0.101. The molecule has 3 rings (SSSR count). The lowest BCUT2D eigenvalue weighted by Gasteiger charge is -2.06. The maximum absolute atomic E-state index is 11.6. The van der Waals surface area contributed by atoms with E-state index in [1.54, 1.807) is 18.3 Å². The quantitative estimate of drug-likeness (QED) is 0.623. The largest absolute Gasteiger partial charge is 0.277 e. The Balaban J connectivity index is 2.17. The Hall–Kier alpha value is -2.52. The first-order valence-corrected chi connectivity index (χ1v) is 6.99. The van der Waals surface area contributed by atoms with E-state index in [1.165, 1.54) is 18.0 Å². The summed E-state index contributed by atoms with van der Waals surface area (Å²) in [7, 11) is 0. The minimum absolute atomic E-state index is 0.264. The van der Waals surface area contributed by atoms with Crippen LogP contribution in [-0.4, -0.2) is 28.3 Å². The maximum atomic E-state index is 11.6. The minimum Gasteiger partial charge on any atom is -0.267 e. The van der Waals surface area contributed by atoms with Crippen LogP contribution >= 0.6 is 11.8 Å². The molecule has 0 atom stereocenters. The van der Waals surface area contributed by atoms with E-state index in [0.29, 0.717) is 22.0 Å². The van der Waals surface area contributed by atoms with Crippen LogP contribution in [0, 0.1) is 11.3 Å². The van der Waals surface area contributed by atoms with Crippen molar-refractivity contribution in [2.45, 2.75) is 5.16 Å². The smallest absolute Gasteiger partial charge is 0.267 e. The van der Waals surface area contributed by atoms with Gasteiger partial charge in [-0.15, -0.1) is 0 Å². The average molecular weight is 280 g/mol. The Morgan fingerprint density at radius 2 is 2.20 bits per heavy atom. The fraction of sp³-hybridized carbons (Fsp3) is 0.0714. The zero-order valence-corrected chi connectivity index (χ0v) is 11.3. The van der Waals surface area contributed by atoms with E-state index in [9.17, 15) is 4.79 Å². The molecule has 5 nitrogen and oxygen atoms in total. The third-order valence-electron chi connectivity index (χ3n) is 2.95. The highest BCUT2D eigenvalue weighted by atomic mass is 32.2. The van der Waals surface area contributed by atoms with Crippen LogP contribution < -0.4 is 0 Å². The van der Waals surface area contributed by atoms with E-state index in [0.717, 1.165) is 11.1 Å². The molecule has 2 heterocycles. The molecule has 6 heteroatoms. The van der Waals surface area contributed by atoms with Crippen LogP contribution in [0.5, 0.6) is 0 Å². The SMILES string of the molecule is CSc1ncc(C#N)c(-c2ccc3c(c2)C(=O)N=C3)n1. The predicted molar refractivity (Wildman–Crippen MR) is 75.9 cm³/mol. The van der Waals surface area contributed by atoms with Gasteiger partial charge in [0, 0.05) is 23.5 Å². The molecule has 1 aromatic carbocycles. The zero-order valence-electron chi connectivity index (χ0n) is 10.5. The Kier molecular flexibility index (Phi) is 3.05. The van der Waals surface area contributed by atoms with Crippen molar-refractivity contribution in [3.05, 3.63) is 41.1 Å². The number of nitriles is 1. The van der Waals surface area contributed by atoms with Crippen molar-refractivity contribution < 1.29 is 4.79 Å². The number of nitrogens with zero attached hydrogens (tertiary/aromatic N) is 4. The van der Waals surface area contributed by atoms with Crippen LogP contribution in [0.4, 0.5) is 0 Å². The van der Waals surface area contributed by atoms with Gasteiger partial charge in [0.25, 0.3) is 5.91 Å². The molecule has 0 saturated heterocycles. The highest BCUT2D eigenvalue weighted by Crippen LogP contribution is 2.26. The lowest BCUT2D eigenvalue weighted by Crippen LogP contribution is -1.97. The first-order valence-electron chi connectivity index (χ1n) is 5.77. The van der Waals surface area contributed by atoms with Gasteiger partial charge in [0.2, 0.25) is 0 Å². The number of amides is 1. The molecule has 0 fully saturated rings. The average Bonchev–Trinajstić information content (AvgIpc) is 2.87. The number of hydrogen-bond acceptors (Lipinski definition) is 5. The molecule has 1 amide bonds. The monoisotopic (exact) mass is 280 g/mol. The van der Waals surface area contributed by atoms with Crippen LogP contribution in [0.3, 0.4) is 0 Å². The van der Waals surface area contributed by atoms with Crippen molar-refractivity contribution in [2.24, 2.45) is 4.99 Å². The van der Waals surface area contributed by atoms with Crippen molar-refractivity contribution in [3.8, 4) is 17.3 Å². The maximum Gasteiger partial charge on any atom is 0.277 e. The minimum atomic E-state index is -0.264. The molecule has 0 saturated carbocycles. The zero-order chi connectivity index (χ0) is 14.1. The molecule has 1 aliphatic heterocycles. The van der Waals surface area contributed by atoms with Gasteiger partial charge in [-0.3, -0.25) is 4.79 Å². The Morgan fingerprint density at radius 3 is 2.95 bits per heavy atom. The van der Waals surface area contributed by atoms with Crippen LogP contribution in [0.2, 0.25) is 0 Å². The number of rotatable bonds is 2. The third kappa shape index (κ3) is 1.98. The number of carbonyl (C=O) groups excluding carboxylic acids is 1. The van der Waals surface area contributed by atoms with E-state index >= 15 is 0 Å². The number of carbonyl (C=O) groups is 1. The molecule has 1 aliphatic rings. The summed E-state index contributed by atoms with van der Waals surface area (Å²) in [5.41, 5.74) is 2.97. The summed E-state index contributed by atoms with van der Waals surface area (Å²) in [6.45, 7) is 0. The number of aromatic nitrogens is 2. The fourth-order valence-corrected chi connectivity index (χ4v) is 2.31. The molecule has 0 N–H and O–H groups in total. The lowest BCUT2D eigenvalue weighted by atomic mass is 10.0. The molecule has 0 aliphatic carbocycles. The summed E-state index contributed by atoms with van der Waals surface area (Å²) >= 11 is 1.40. The molecule has 0 unspecified atom stereocenters. The Morgan fingerprint density at radius 1 is 1.35 bits per heavy atom. The third-order valence-corrected chi connectivity index (χ3v) is 3.51. The van der Waals surface area contributed by atoms with Gasteiger partial charge in [-0.1, -0.05) is 23.9 Å². The van der Waals surface area contributed by atoms with Crippen LogP contribution in [-0.2, 0) is 0 Å². The normalized spacial score (nSPS) is 12.3. The summed E-state index contributed by atoms with van der Waals surface area (Å²) in [6.07, 6.45) is 4.91. The predicted octanol–water partition coefficient (Wildman–Crippen LogP) is 2.31. The summed E-state index contributed by atoms with van der Waals surface area (Å²) in [4.78, 5) is 23.8. The van der Waals surface area contributed by atoms with E-state index in [1.807, 2.05) is 12.3 Å². The number of hydrogen-bond donors (Lipinski definition) is 0. The highest BCUT2D eigenvalue weighted by molar-refractivity contribution is 7.98. The van der Waals surface area contributed by atoms with Crippen molar-refractivity contribution in [1.82, 2.24) is 9.97 Å². The van der Waals surface area contributed by atoms with E-state index < -0.39 is 0 Å². The molecule has 0 radical (unpaired) electrons. The van der Waals surface area contributed by atoms with Gasteiger partial charge >= 0.3 is 0 Å². The molecule has 0 spiro atoms. The second-order valence-electron chi connectivity index (χ2n) is 4.10. The van der Waals surface area contributed by atoms with Crippen molar-refractivity contribution in [2.75, 3.05) is 6.26 Å². The van der Waals surface area contributed by atoms with Gasteiger partial charge < -0.3 is 0 Å².